The number of piperidine rings is 1. The number of fused-ring (bicyclic) bond motifs is 1. The smallest absolute Gasteiger partial charge is 0.317 e. The summed E-state index contributed by atoms with van der Waals surface area (Å²) in [5.74, 6) is 1.27. The van der Waals surface area contributed by atoms with Gasteiger partial charge >= 0.3 is 5.97 Å². The van der Waals surface area contributed by atoms with Crippen molar-refractivity contribution in [2.45, 2.75) is 83.6 Å². The van der Waals surface area contributed by atoms with Crippen LogP contribution < -0.4 is 5.32 Å². The highest BCUT2D eigenvalue weighted by molar-refractivity contribution is 6.35. The molecule has 1 aromatic rings. The number of hydrogen-bond donors (Lipinski definition) is 1. The second kappa shape index (κ2) is 11.0. The highest BCUT2D eigenvalue weighted by Crippen LogP contribution is 2.59. The Morgan fingerprint density at radius 1 is 1.05 bits per heavy atom. The van der Waals surface area contributed by atoms with Crippen molar-refractivity contribution in [3.05, 3.63) is 45.6 Å². The molecule has 1 saturated heterocycles. The van der Waals surface area contributed by atoms with Gasteiger partial charge in [0.05, 0.1) is 13.7 Å². The van der Waals surface area contributed by atoms with Crippen molar-refractivity contribution in [3.8, 4) is 0 Å². The van der Waals surface area contributed by atoms with Gasteiger partial charge in [0.25, 0.3) is 0 Å². The third-order valence-electron chi connectivity index (χ3n) is 10.6. The predicted octanol–water partition coefficient (Wildman–Crippen LogP) is 6.68. The first kappa shape index (κ1) is 28.1. The molecule has 5 fully saturated rings. The maximum Gasteiger partial charge on any atom is 0.317 e. The minimum atomic E-state index is -0.955. The molecule has 8 heteroatoms. The number of halogens is 2. The zero-order chi connectivity index (χ0) is 28.1. The first-order valence-corrected chi connectivity index (χ1v) is 15.8. The zero-order valence-electron chi connectivity index (χ0n) is 23.4. The van der Waals surface area contributed by atoms with Gasteiger partial charge in [-0.2, -0.15) is 0 Å². The molecule has 1 N–H and O–H groups in total. The number of carbonyl (C=O) groups is 3. The summed E-state index contributed by atoms with van der Waals surface area (Å²) in [7, 11) is 1.41. The number of amides is 2. The summed E-state index contributed by atoms with van der Waals surface area (Å²) in [6, 6.07) is 5.23. The van der Waals surface area contributed by atoms with Gasteiger partial charge in [0.15, 0.2) is 0 Å². The van der Waals surface area contributed by atoms with E-state index in [4.69, 9.17) is 27.9 Å². The van der Waals surface area contributed by atoms with Crippen molar-refractivity contribution < 1.29 is 19.1 Å². The van der Waals surface area contributed by atoms with Crippen LogP contribution in [0.2, 0.25) is 10.0 Å². The molecule has 5 aliphatic carbocycles. The highest BCUT2D eigenvalue weighted by Gasteiger charge is 2.54. The van der Waals surface area contributed by atoms with Gasteiger partial charge in [0.1, 0.15) is 5.41 Å². The Morgan fingerprint density at radius 2 is 1.75 bits per heavy atom. The van der Waals surface area contributed by atoms with Crippen LogP contribution in [0.3, 0.4) is 0 Å². The maximum absolute atomic E-state index is 14.1. The van der Waals surface area contributed by atoms with E-state index < -0.39 is 11.3 Å². The molecule has 7 rings (SSSR count). The SMILES string of the molecule is COC(=O)[C@]12CCCCC=C1N(Cc1ccc(Cl)cc1Cl)C(=O)[C@H](CC(=O)NCC13CC4CC(CC(C4)C1)C3)C2. The Labute approximate surface area is 247 Å². The number of methoxy groups -OCH3 is 1. The van der Waals surface area contributed by atoms with Crippen molar-refractivity contribution in [3.63, 3.8) is 0 Å². The lowest BCUT2D eigenvalue weighted by molar-refractivity contribution is -0.160. The molecule has 2 amide bonds. The summed E-state index contributed by atoms with van der Waals surface area (Å²) in [6.45, 7) is 0.915. The first-order valence-electron chi connectivity index (χ1n) is 15.0. The van der Waals surface area contributed by atoms with Crippen LogP contribution in [0, 0.1) is 34.5 Å². The molecule has 0 aromatic heterocycles. The fourth-order valence-corrected chi connectivity index (χ4v) is 9.74. The second-order valence-electron chi connectivity index (χ2n) is 13.4. The summed E-state index contributed by atoms with van der Waals surface area (Å²) in [6.07, 6.45) is 13.3. The summed E-state index contributed by atoms with van der Waals surface area (Å²) >= 11 is 12.7. The largest absolute Gasteiger partial charge is 0.468 e. The van der Waals surface area contributed by atoms with Gasteiger partial charge in [0.2, 0.25) is 11.8 Å². The van der Waals surface area contributed by atoms with E-state index in [2.05, 4.69) is 5.32 Å². The highest BCUT2D eigenvalue weighted by atomic mass is 35.5. The topological polar surface area (TPSA) is 75.7 Å². The van der Waals surface area contributed by atoms with E-state index in [9.17, 15) is 14.4 Å². The molecule has 0 unspecified atom stereocenters. The average molecular weight is 588 g/mol. The van der Waals surface area contributed by atoms with Crippen molar-refractivity contribution in [2.75, 3.05) is 13.7 Å². The van der Waals surface area contributed by atoms with E-state index in [-0.39, 0.29) is 36.2 Å². The third kappa shape index (κ3) is 5.19. The molecule has 4 saturated carbocycles. The minimum Gasteiger partial charge on any atom is -0.468 e. The van der Waals surface area contributed by atoms with E-state index in [1.807, 2.05) is 12.1 Å². The number of likely N-dealkylation sites (tertiary alicyclic amines) is 1. The third-order valence-corrected chi connectivity index (χ3v) is 11.2. The molecule has 6 aliphatic rings. The maximum atomic E-state index is 14.1. The van der Waals surface area contributed by atoms with Gasteiger partial charge in [-0.15, -0.1) is 0 Å². The van der Waals surface area contributed by atoms with Crippen LogP contribution in [-0.2, 0) is 25.7 Å². The van der Waals surface area contributed by atoms with Gasteiger partial charge in [-0.05, 0) is 105 Å². The lowest BCUT2D eigenvalue weighted by atomic mass is 9.49. The number of nitrogens with one attached hydrogen (secondary N) is 1. The quantitative estimate of drug-likeness (QED) is 0.361. The number of esters is 1. The fourth-order valence-electron chi connectivity index (χ4n) is 9.27. The van der Waals surface area contributed by atoms with Crippen molar-refractivity contribution in [1.82, 2.24) is 10.2 Å². The van der Waals surface area contributed by atoms with Crippen LogP contribution in [0.25, 0.3) is 0 Å². The Morgan fingerprint density at radius 3 is 2.40 bits per heavy atom. The monoisotopic (exact) mass is 586 g/mol. The van der Waals surface area contributed by atoms with E-state index in [0.717, 1.165) is 42.6 Å². The molecule has 40 heavy (non-hydrogen) atoms. The Balaban J connectivity index is 1.23. The van der Waals surface area contributed by atoms with Crippen LogP contribution in [-0.4, -0.2) is 36.3 Å². The minimum absolute atomic E-state index is 0.0715. The van der Waals surface area contributed by atoms with Gasteiger partial charge in [-0.3, -0.25) is 14.4 Å². The normalized spacial score (nSPS) is 34.6. The van der Waals surface area contributed by atoms with Crippen molar-refractivity contribution in [2.24, 2.45) is 34.5 Å². The van der Waals surface area contributed by atoms with E-state index in [1.54, 1.807) is 17.0 Å². The number of allylic oxidation sites excluding steroid dienone is 1. The van der Waals surface area contributed by atoms with E-state index in [0.29, 0.717) is 35.1 Å². The van der Waals surface area contributed by atoms with Gasteiger partial charge in [0, 0.05) is 34.6 Å². The van der Waals surface area contributed by atoms with Crippen LogP contribution in [0.15, 0.2) is 30.0 Å². The Kier molecular flexibility index (Phi) is 7.71. The van der Waals surface area contributed by atoms with Crippen LogP contribution >= 0.6 is 23.2 Å². The van der Waals surface area contributed by atoms with Crippen LogP contribution in [0.4, 0.5) is 0 Å². The fraction of sp³-hybridized carbons (Fsp3) is 0.656. The van der Waals surface area contributed by atoms with Gasteiger partial charge < -0.3 is 15.0 Å². The molecule has 0 radical (unpaired) electrons. The summed E-state index contributed by atoms with van der Waals surface area (Å²) in [4.78, 5) is 42.7. The lowest BCUT2D eigenvalue weighted by Gasteiger charge is -2.57. The number of benzene rings is 1. The molecule has 0 spiro atoms. The predicted molar refractivity (Wildman–Crippen MR) is 154 cm³/mol. The van der Waals surface area contributed by atoms with Crippen LogP contribution in [0.1, 0.15) is 82.6 Å². The molecular weight excluding hydrogens is 547 g/mol. The molecular formula is C32H40Cl2N2O4. The number of hydrogen-bond acceptors (Lipinski definition) is 4. The zero-order valence-corrected chi connectivity index (χ0v) is 24.9. The molecule has 1 aromatic carbocycles. The number of ether oxygens (including phenoxy) is 1. The molecule has 216 valence electrons. The Bertz CT molecular complexity index is 1190. The summed E-state index contributed by atoms with van der Waals surface area (Å²) < 4.78 is 5.36. The number of rotatable bonds is 7. The molecule has 6 nitrogen and oxygen atoms in total. The molecule has 4 bridgehead atoms. The van der Waals surface area contributed by atoms with Gasteiger partial charge in [-0.1, -0.05) is 41.8 Å². The standard InChI is InChI=1S/C32H40Cl2N2O4/c1-40-30(39)32-8-4-2-3-5-27(32)36(18-23-6-7-25(33)13-26(23)34)29(38)24(17-32)12-28(37)35-19-31-14-20-9-21(15-31)11-22(10-20)16-31/h5-7,13,20-22,24H,2-4,8-12,14-19H2,1H3,(H,35,37)/t20?,21?,22?,24-,31?,32+/m1/s1. The molecule has 1 aliphatic heterocycles. The molecule has 2 atom stereocenters. The summed E-state index contributed by atoms with van der Waals surface area (Å²) in [5.41, 5.74) is 0.708. The van der Waals surface area contributed by atoms with E-state index in [1.165, 1.54) is 45.6 Å². The average Bonchev–Trinajstić information content (AvgIpc) is 3.13. The summed E-state index contributed by atoms with van der Waals surface area (Å²) in [5, 5.41) is 4.24. The van der Waals surface area contributed by atoms with Crippen molar-refractivity contribution >= 4 is 41.0 Å². The lowest BCUT2D eigenvalue weighted by Crippen LogP contribution is -2.54. The molecule has 1 heterocycles. The number of nitrogens with zero attached hydrogens (tertiary/aromatic N) is 1. The van der Waals surface area contributed by atoms with Crippen molar-refractivity contribution in [1.29, 1.82) is 0 Å². The van der Waals surface area contributed by atoms with Crippen LogP contribution in [0.5, 0.6) is 0 Å². The van der Waals surface area contributed by atoms with E-state index >= 15 is 0 Å². The second-order valence-corrected chi connectivity index (χ2v) is 14.2. The first-order chi connectivity index (χ1) is 19.2. The Hall–Kier alpha value is -2.05. The van der Waals surface area contributed by atoms with Gasteiger partial charge in [-0.25, -0.2) is 0 Å². The number of carbonyl (C=O) groups excluding carboxylic acids is 3.